The number of para-hydroxylation sites is 1. The molecule has 8 heteroatoms. The molecule has 1 aromatic carbocycles. The van der Waals surface area contributed by atoms with Gasteiger partial charge in [-0.15, -0.1) is 0 Å². The quantitative estimate of drug-likeness (QED) is 0.825. The van der Waals surface area contributed by atoms with E-state index >= 15 is 0 Å². The predicted octanol–water partition coefficient (Wildman–Crippen LogP) is 2.99. The zero-order valence-electron chi connectivity index (χ0n) is 11.0. The van der Waals surface area contributed by atoms with E-state index in [1.807, 2.05) is 0 Å². The highest BCUT2D eigenvalue weighted by Gasteiger charge is 2.35. The Hall–Kier alpha value is -1.83. The molecule has 1 unspecified atom stereocenters. The first kappa shape index (κ1) is 15.6. The van der Waals surface area contributed by atoms with Crippen molar-refractivity contribution >= 4 is 28.9 Å². The number of hydrogen-bond acceptors (Lipinski definition) is 2. The summed E-state index contributed by atoms with van der Waals surface area (Å²) in [6.07, 6.45) is -3.18. The van der Waals surface area contributed by atoms with E-state index in [4.69, 9.17) is 18.0 Å². The standard InChI is InChI=1S/C13H14F3N3OS/c14-13(15,16)8-4-1-2-5-9(8)18-12(20)19-7-3-6-10(19)11(17)21/h1-2,4-5,10H,3,6-7H2,(H2,17,21)(H,18,20). The number of halogens is 3. The minimum atomic E-state index is -4.53. The minimum absolute atomic E-state index is 0.173. The molecule has 0 spiro atoms. The lowest BCUT2D eigenvalue weighted by molar-refractivity contribution is -0.136. The van der Waals surface area contributed by atoms with Crippen molar-refractivity contribution in [3.8, 4) is 0 Å². The second kappa shape index (κ2) is 5.88. The molecule has 2 amide bonds. The van der Waals surface area contributed by atoms with Crippen molar-refractivity contribution in [2.45, 2.75) is 25.1 Å². The van der Waals surface area contributed by atoms with E-state index in [9.17, 15) is 18.0 Å². The third-order valence-corrected chi connectivity index (χ3v) is 3.59. The monoisotopic (exact) mass is 317 g/mol. The van der Waals surface area contributed by atoms with Crippen molar-refractivity contribution in [2.75, 3.05) is 11.9 Å². The Morgan fingerprint density at radius 2 is 2.05 bits per heavy atom. The zero-order chi connectivity index (χ0) is 15.6. The normalized spacial score (nSPS) is 18.6. The van der Waals surface area contributed by atoms with Crippen molar-refractivity contribution in [2.24, 2.45) is 5.73 Å². The molecule has 1 aromatic rings. The highest BCUT2D eigenvalue weighted by Crippen LogP contribution is 2.34. The summed E-state index contributed by atoms with van der Waals surface area (Å²) in [4.78, 5) is 13.7. The number of hydrogen-bond donors (Lipinski definition) is 2. The third-order valence-electron chi connectivity index (χ3n) is 3.32. The molecule has 1 fully saturated rings. The molecule has 0 aromatic heterocycles. The van der Waals surface area contributed by atoms with Crippen LogP contribution in [-0.4, -0.2) is 28.5 Å². The van der Waals surface area contributed by atoms with E-state index in [-0.39, 0.29) is 10.7 Å². The molecule has 0 bridgehead atoms. The molecule has 4 nitrogen and oxygen atoms in total. The van der Waals surface area contributed by atoms with Crippen LogP contribution in [0.15, 0.2) is 24.3 Å². The van der Waals surface area contributed by atoms with Crippen LogP contribution >= 0.6 is 12.2 Å². The van der Waals surface area contributed by atoms with Crippen LogP contribution in [0.3, 0.4) is 0 Å². The molecule has 0 aliphatic carbocycles. The molecule has 2 rings (SSSR count). The maximum Gasteiger partial charge on any atom is 0.418 e. The molecule has 0 radical (unpaired) electrons. The van der Waals surface area contributed by atoms with E-state index in [1.54, 1.807) is 0 Å². The van der Waals surface area contributed by atoms with Gasteiger partial charge in [0, 0.05) is 6.54 Å². The average molecular weight is 317 g/mol. The molecule has 1 heterocycles. The number of urea groups is 1. The molecule has 1 aliphatic heterocycles. The molecule has 21 heavy (non-hydrogen) atoms. The van der Waals surface area contributed by atoms with Gasteiger partial charge in [0.2, 0.25) is 0 Å². The van der Waals surface area contributed by atoms with E-state index in [0.717, 1.165) is 12.5 Å². The summed E-state index contributed by atoms with van der Waals surface area (Å²) in [7, 11) is 0. The van der Waals surface area contributed by atoms with E-state index < -0.39 is 23.8 Å². The Bertz CT molecular complexity index is 562. The van der Waals surface area contributed by atoms with Gasteiger partial charge in [0.25, 0.3) is 0 Å². The van der Waals surface area contributed by atoms with Crippen molar-refractivity contribution in [1.29, 1.82) is 0 Å². The number of rotatable bonds is 2. The number of thiocarbonyl (C=S) groups is 1. The van der Waals surface area contributed by atoms with E-state index in [0.29, 0.717) is 13.0 Å². The smallest absolute Gasteiger partial charge is 0.392 e. The van der Waals surface area contributed by atoms with Crippen molar-refractivity contribution < 1.29 is 18.0 Å². The number of nitrogens with two attached hydrogens (primary N) is 1. The second-order valence-corrected chi connectivity index (χ2v) is 5.20. The van der Waals surface area contributed by atoms with Gasteiger partial charge in [0.15, 0.2) is 0 Å². The van der Waals surface area contributed by atoms with Gasteiger partial charge in [-0.2, -0.15) is 13.2 Å². The number of nitrogens with one attached hydrogen (secondary N) is 1. The Labute approximate surface area is 125 Å². The number of benzene rings is 1. The lowest BCUT2D eigenvalue weighted by atomic mass is 10.1. The van der Waals surface area contributed by atoms with Gasteiger partial charge in [0.1, 0.15) is 0 Å². The fraction of sp³-hybridized carbons (Fsp3) is 0.385. The highest BCUT2D eigenvalue weighted by atomic mass is 32.1. The first-order chi connectivity index (χ1) is 9.80. The maximum absolute atomic E-state index is 12.9. The highest BCUT2D eigenvalue weighted by molar-refractivity contribution is 7.80. The minimum Gasteiger partial charge on any atom is -0.392 e. The molecule has 1 atom stereocenters. The first-order valence-electron chi connectivity index (χ1n) is 6.34. The maximum atomic E-state index is 12.9. The summed E-state index contributed by atoms with van der Waals surface area (Å²) >= 11 is 4.88. The number of likely N-dealkylation sites (tertiary alicyclic amines) is 1. The summed E-state index contributed by atoms with van der Waals surface area (Å²) in [5, 5.41) is 2.30. The average Bonchev–Trinajstić information content (AvgIpc) is 2.87. The Morgan fingerprint density at radius 1 is 1.38 bits per heavy atom. The van der Waals surface area contributed by atoms with Gasteiger partial charge >= 0.3 is 12.2 Å². The van der Waals surface area contributed by atoms with Gasteiger partial charge in [-0.1, -0.05) is 24.4 Å². The van der Waals surface area contributed by atoms with Crippen LogP contribution in [0.25, 0.3) is 0 Å². The summed E-state index contributed by atoms with van der Waals surface area (Å²) in [5.74, 6) is 0. The number of anilines is 1. The molecular formula is C13H14F3N3OS. The summed E-state index contributed by atoms with van der Waals surface area (Å²) in [6, 6.07) is 3.81. The molecule has 114 valence electrons. The fourth-order valence-corrected chi connectivity index (χ4v) is 2.58. The van der Waals surface area contributed by atoms with Crippen molar-refractivity contribution in [3.05, 3.63) is 29.8 Å². The van der Waals surface area contributed by atoms with Crippen LogP contribution in [0.2, 0.25) is 0 Å². The molecule has 0 saturated carbocycles. The molecule has 1 saturated heterocycles. The van der Waals surface area contributed by atoms with Gasteiger partial charge < -0.3 is 16.0 Å². The predicted molar refractivity (Wildman–Crippen MR) is 77.0 cm³/mol. The largest absolute Gasteiger partial charge is 0.418 e. The molecular weight excluding hydrogens is 303 g/mol. The third kappa shape index (κ3) is 3.44. The van der Waals surface area contributed by atoms with E-state index in [1.165, 1.54) is 23.1 Å². The van der Waals surface area contributed by atoms with Gasteiger partial charge in [0.05, 0.1) is 22.3 Å². The Morgan fingerprint density at radius 3 is 2.67 bits per heavy atom. The number of alkyl halides is 3. The second-order valence-electron chi connectivity index (χ2n) is 4.73. The topological polar surface area (TPSA) is 58.4 Å². The summed E-state index contributed by atoms with van der Waals surface area (Å²) in [5.41, 5.74) is 4.39. The Kier molecular flexibility index (Phi) is 4.36. The number of nitrogens with zero attached hydrogens (tertiary/aromatic N) is 1. The van der Waals surface area contributed by atoms with Crippen LogP contribution in [-0.2, 0) is 6.18 Å². The summed E-state index contributed by atoms with van der Waals surface area (Å²) in [6.45, 7) is 0.419. The van der Waals surface area contributed by atoms with Gasteiger partial charge in [-0.05, 0) is 25.0 Å². The van der Waals surface area contributed by atoms with Crippen molar-refractivity contribution in [3.63, 3.8) is 0 Å². The van der Waals surface area contributed by atoms with Crippen LogP contribution in [0.5, 0.6) is 0 Å². The van der Waals surface area contributed by atoms with Gasteiger partial charge in [-0.25, -0.2) is 4.79 Å². The zero-order valence-corrected chi connectivity index (χ0v) is 11.8. The molecule has 3 N–H and O–H groups in total. The lowest BCUT2D eigenvalue weighted by Gasteiger charge is -2.24. The van der Waals surface area contributed by atoms with E-state index in [2.05, 4.69) is 5.32 Å². The van der Waals surface area contributed by atoms with Crippen LogP contribution in [0.1, 0.15) is 18.4 Å². The number of carbonyl (C=O) groups excluding carboxylic acids is 1. The Balaban J connectivity index is 2.19. The number of amides is 2. The SMILES string of the molecule is NC(=S)C1CCCN1C(=O)Nc1ccccc1C(F)(F)F. The van der Waals surface area contributed by atoms with Crippen LogP contribution < -0.4 is 11.1 Å². The van der Waals surface area contributed by atoms with Crippen molar-refractivity contribution in [1.82, 2.24) is 4.90 Å². The molecule has 1 aliphatic rings. The van der Waals surface area contributed by atoms with Crippen LogP contribution in [0, 0.1) is 0 Å². The lowest BCUT2D eigenvalue weighted by Crippen LogP contribution is -2.45. The number of carbonyl (C=O) groups is 1. The van der Waals surface area contributed by atoms with Crippen LogP contribution in [0.4, 0.5) is 23.7 Å². The van der Waals surface area contributed by atoms with Gasteiger partial charge in [-0.3, -0.25) is 0 Å². The first-order valence-corrected chi connectivity index (χ1v) is 6.74. The fourth-order valence-electron chi connectivity index (χ4n) is 2.33. The summed E-state index contributed by atoms with van der Waals surface area (Å²) < 4.78 is 38.6.